The number of halogens is 3. The summed E-state index contributed by atoms with van der Waals surface area (Å²) in [6.07, 6.45) is 1.97. The van der Waals surface area contributed by atoms with Crippen molar-refractivity contribution in [3.8, 4) is 0 Å². The quantitative estimate of drug-likeness (QED) is 0.703. The summed E-state index contributed by atoms with van der Waals surface area (Å²) >= 11 is 0. The minimum atomic E-state index is -4.37. The van der Waals surface area contributed by atoms with Crippen LogP contribution in [0, 0.1) is 17.3 Å². The molecular formula is C19H23F3O2. The monoisotopic (exact) mass is 340 g/mol. The molecule has 24 heavy (non-hydrogen) atoms. The Hall–Kier alpha value is -1.23. The molecule has 0 bridgehead atoms. The fourth-order valence-corrected chi connectivity index (χ4v) is 5.59. The van der Waals surface area contributed by atoms with Gasteiger partial charge >= 0.3 is 6.18 Å². The molecule has 5 heteroatoms. The van der Waals surface area contributed by atoms with Gasteiger partial charge in [0.15, 0.2) is 0 Å². The van der Waals surface area contributed by atoms with Crippen molar-refractivity contribution in [2.75, 3.05) is 7.11 Å². The van der Waals surface area contributed by atoms with Crippen LogP contribution in [-0.2, 0) is 4.74 Å². The Balaban J connectivity index is 1.68. The van der Waals surface area contributed by atoms with E-state index in [0.29, 0.717) is 12.0 Å². The number of aliphatic hydroxyl groups is 1. The van der Waals surface area contributed by atoms with Crippen LogP contribution in [0.1, 0.15) is 44.9 Å². The summed E-state index contributed by atoms with van der Waals surface area (Å²) in [5.74, 6) is 1.12. The summed E-state index contributed by atoms with van der Waals surface area (Å²) in [5, 5.41) is 10.2. The lowest BCUT2D eigenvalue weighted by atomic mass is 9.56. The smallest absolute Gasteiger partial charge is 0.400 e. The average Bonchev–Trinajstić information content (AvgIpc) is 2.92. The zero-order valence-electron chi connectivity index (χ0n) is 13.8. The Kier molecular flexibility index (Phi) is 3.64. The maximum atomic E-state index is 13.9. The van der Waals surface area contributed by atoms with Gasteiger partial charge in [0, 0.05) is 6.42 Å². The molecular weight excluding hydrogens is 317 g/mol. The molecule has 4 aliphatic rings. The molecule has 0 radical (unpaired) electrons. The Labute approximate surface area is 140 Å². The van der Waals surface area contributed by atoms with Crippen LogP contribution >= 0.6 is 0 Å². The first-order valence-corrected chi connectivity index (χ1v) is 8.77. The minimum Gasteiger partial charge on any atom is -0.501 e. The summed E-state index contributed by atoms with van der Waals surface area (Å²) in [6.45, 7) is 0. The molecule has 4 rings (SSSR count). The molecule has 0 saturated heterocycles. The number of hydrogen-bond acceptors (Lipinski definition) is 2. The molecule has 0 aromatic rings. The third kappa shape index (κ3) is 2.06. The highest BCUT2D eigenvalue weighted by Gasteiger charge is 2.66. The van der Waals surface area contributed by atoms with Gasteiger partial charge in [0.05, 0.1) is 19.0 Å². The van der Waals surface area contributed by atoms with Crippen LogP contribution in [0.5, 0.6) is 0 Å². The van der Waals surface area contributed by atoms with E-state index in [0.717, 1.165) is 31.4 Å². The number of ether oxygens (including phenoxy) is 1. The second-order valence-corrected chi connectivity index (χ2v) is 7.55. The van der Waals surface area contributed by atoms with Crippen molar-refractivity contribution in [3.63, 3.8) is 0 Å². The molecule has 132 valence electrons. The number of allylic oxidation sites excluding steroid dienone is 3. The van der Waals surface area contributed by atoms with Crippen molar-refractivity contribution in [3.05, 3.63) is 34.6 Å². The van der Waals surface area contributed by atoms with Crippen molar-refractivity contribution < 1.29 is 23.0 Å². The third-order valence-electron chi connectivity index (χ3n) is 6.74. The highest BCUT2D eigenvalue weighted by molar-refractivity contribution is 5.39. The number of fused-ring (bicyclic) bond motifs is 4. The third-order valence-corrected chi connectivity index (χ3v) is 6.74. The van der Waals surface area contributed by atoms with E-state index < -0.39 is 17.7 Å². The lowest BCUT2D eigenvalue weighted by Gasteiger charge is -2.50. The van der Waals surface area contributed by atoms with E-state index >= 15 is 0 Å². The standard InChI is InChI=1S/C19H23F3O2/c1-24-12-3-5-13-11(10-12)2-4-15-14(13)8-9-18(19(20,21)22)16(15)6-7-17(18)23/h3,6,14-15,17,23H,2,4-5,7-10H2,1H3/t14-,15-,17+,18-/m1/s1. The van der Waals surface area contributed by atoms with Gasteiger partial charge in [0.1, 0.15) is 5.41 Å². The van der Waals surface area contributed by atoms with Crippen molar-refractivity contribution in [1.29, 1.82) is 0 Å². The molecule has 1 saturated carbocycles. The maximum absolute atomic E-state index is 13.9. The van der Waals surface area contributed by atoms with Gasteiger partial charge in [-0.3, -0.25) is 0 Å². The average molecular weight is 340 g/mol. The van der Waals surface area contributed by atoms with Crippen molar-refractivity contribution in [2.24, 2.45) is 17.3 Å². The zero-order valence-corrected chi connectivity index (χ0v) is 13.8. The number of rotatable bonds is 1. The van der Waals surface area contributed by atoms with Gasteiger partial charge in [-0.05, 0) is 56.4 Å². The topological polar surface area (TPSA) is 29.5 Å². The van der Waals surface area contributed by atoms with Crippen LogP contribution < -0.4 is 0 Å². The molecule has 0 amide bonds. The lowest BCUT2D eigenvalue weighted by Crippen LogP contribution is -2.52. The number of hydrogen-bond donors (Lipinski definition) is 1. The van der Waals surface area contributed by atoms with Crippen LogP contribution in [0.15, 0.2) is 34.6 Å². The van der Waals surface area contributed by atoms with E-state index in [-0.39, 0.29) is 24.7 Å². The second kappa shape index (κ2) is 5.38. The predicted molar refractivity (Wildman–Crippen MR) is 84.0 cm³/mol. The number of methoxy groups -OCH3 is 1. The van der Waals surface area contributed by atoms with Crippen LogP contribution in [0.2, 0.25) is 0 Å². The van der Waals surface area contributed by atoms with E-state index in [1.165, 1.54) is 11.1 Å². The van der Waals surface area contributed by atoms with Gasteiger partial charge in [-0.2, -0.15) is 13.2 Å². The Morgan fingerprint density at radius 1 is 1.21 bits per heavy atom. The first kappa shape index (κ1) is 16.2. The summed E-state index contributed by atoms with van der Waals surface area (Å²) in [4.78, 5) is 0. The first-order chi connectivity index (χ1) is 11.4. The number of alkyl halides is 3. The Bertz CT molecular complexity index is 643. The zero-order chi connectivity index (χ0) is 17.1. The van der Waals surface area contributed by atoms with Gasteiger partial charge < -0.3 is 9.84 Å². The van der Waals surface area contributed by atoms with E-state index in [2.05, 4.69) is 6.08 Å². The van der Waals surface area contributed by atoms with Gasteiger partial charge in [0.2, 0.25) is 0 Å². The second-order valence-electron chi connectivity index (χ2n) is 7.55. The number of aliphatic hydroxyl groups excluding tert-OH is 1. The van der Waals surface area contributed by atoms with E-state index in [1.54, 1.807) is 13.2 Å². The predicted octanol–water partition coefficient (Wildman–Crippen LogP) is 4.67. The fraction of sp³-hybridized carbons (Fsp3) is 0.684. The molecule has 2 nitrogen and oxygen atoms in total. The van der Waals surface area contributed by atoms with Gasteiger partial charge in [-0.15, -0.1) is 0 Å². The molecule has 4 aliphatic carbocycles. The summed E-state index contributed by atoms with van der Waals surface area (Å²) in [6, 6.07) is 0. The van der Waals surface area contributed by atoms with E-state index in [1.807, 2.05) is 0 Å². The van der Waals surface area contributed by atoms with Crippen LogP contribution in [0.25, 0.3) is 0 Å². The van der Waals surface area contributed by atoms with Crippen LogP contribution in [0.4, 0.5) is 13.2 Å². The van der Waals surface area contributed by atoms with Gasteiger partial charge in [-0.1, -0.05) is 22.8 Å². The molecule has 0 spiro atoms. The van der Waals surface area contributed by atoms with E-state index in [4.69, 9.17) is 4.74 Å². The van der Waals surface area contributed by atoms with Crippen LogP contribution in [-0.4, -0.2) is 24.5 Å². The maximum Gasteiger partial charge on any atom is 0.400 e. The van der Waals surface area contributed by atoms with Crippen molar-refractivity contribution in [1.82, 2.24) is 0 Å². The molecule has 0 aromatic heterocycles. The van der Waals surface area contributed by atoms with Crippen molar-refractivity contribution in [2.45, 2.75) is 57.2 Å². The Morgan fingerprint density at radius 2 is 2.00 bits per heavy atom. The molecule has 4 atom stereocenters. The fourth-order valence-electron chi connectivity index (χ4n) is 5.59. The molecule has 0 aliphatic heterocycles. The van der Waals surface area contributed by atoms with E-state index in [9.17, 15) is 18.3 Å². The first-order valence-electron chi connectivity index (χ1n) is 8.77. The highest BCUT2D eigenvalue weighted by atomic mass is 19.4. The van der Waals surface area contributed by atoms with Gasteiger partial charge in [0.25, 0.3) is 0 Å². The lowest BCUT2D eigenvalue weighted by molar-refractivity contribution is -0.245. The summed E-state index contributed by atoms with van der Waals surface area (Å²) in [5.41, 5.74) is 1.19. The van der Waals surface area contributed by atoms with Crippen LogP contribution in [0.3, 0.4) is 0 Å². The molecule has 0 heterocycles. The summed E-state index contributed by atoms with van der Waals surface area (Å²) in [7, 11) is 1.67. The molecule has 1 N–H and O–H groups in total. The van der Waals surface area contributed by atoms with Gasteiger partial charge in [-0.25, -0.2) is 0 Å². The molecule has 1 fully saturated rings. The highest BCUT2D eigenvalue weighted by Crippen LogP contribution is 2.64. The normalized spacial score (nSPS) is 38.8. The minimum absolute atomic E-state index is 0.0162. The van der Waals surface area contributed by atoms with Crippen molar-refractivity contribution >= 4 is 0 Å². The largest absolute Gasteiger partial charge is 0.501 e. The molecule has 0 unspecified atom stereocenters. The Morgan fingerprint density at radius 3 is 2.71 bits per heavy atom. The SMILES string of the molecule is COC1=CCC2=C(CC[C@H]3C4=CC[C@H](O)[C@@]4(C(F)(F)F)CC[C@H]23)C1. The molecule has 0 aromatic carbocycles. The summed E-state index contributed by atoms with van der Waals surface area (Å²) < 4.78 is 47.0.